The Bertz CT molecular complexity index is 477. The summed E-state index contributed by atoms with van der Waals surface area (Å²) in [5, 5.41) is 11.5. The van der Waals surface area contributed by atoms with Crippen LogP contribution in [0.25, 0.3) is 0 Å². The predicted molar refractivity (Wildman–Crippen MR) is 73.3 cm³/mol. The molecule has 1 aromatic rings. The molecule has 0 bridgehead atoms. The third-order valence-corrected chi connectivity index (χ3v) is 3.35. The lowest BCUT2D eigenvalue weighted by atomic mass is 10.2. The average Bonchev–Trinajstić information content (AvgIpc) is 2.78. The first kappa shape index (κ1) is 13.3. The number of amides is 1. The fourth-order valence-electron chi connectivity index (χ4n) is 1.80. The number of carbonyl (C=O) groups excluding carboxylic acids is 1. The lowest BCUT2D eigenvalue weighted by Crippen LogP contribution is -2.29. The summed E-state index contributed by atoms with van der Waals surface area (Å²) in [5.74, 6) is -1.31. The first-order valence-corrected chi connectivity index (χ1v) is 6.59. The minimum Gasteiger partial charge on any atom is -0.479 e. The van der Waals surface area contributed by atoms with Crippen LogP contribution in [-0.4, -0.2) is 29.2 Å². The fraction of sp³-hybridized carbons (Fsp3) is 0.333. The molecular weight excluding hydrogens is 349 g/mol. The van der Waals surface area contributed by atoms with Gasteiger partial charge in [-0.2, -0.15) is 0 Å². The summed E-state index contributed by atoms with van der Waals surface area (Å²) in [6, 6.07) is 7.38. The van der Waals surface area contributed by atoms with E-state index in [0.717, 1.165) is 3.57 Å². The van der Waals surface area contributed by atoms with Crippen LogP contribution in [0.3, 0.4) is 0 Å². The van der Waals surface area contributed by atoms with Crippen LogP contribution in [0.5, 0.6) is 0 Å². The second kappa shape index (κ2) is 5.66. The summed E-state index contributed by atoms with van der Waals surface area (Å²) in [4.78, 5) is 22.6. The molecule has 1 aliphatic heterocycles. The summed E-state index contributed by atoms with van der Waals surface area (Å²) in [6.07, 6.45) is -0.729. The van der Waals surface area contributed by atoms with Crippen molar-refractivity contribution in [1.29, 1.82) is 0 Å². The van der Waals surface area contributed by atoms with Gasteiger partial charge in [0.2, 0.25) is 0 Å². The number of aliphatic carboxylic acids is 1. The molecule has 1 saturated heterocycles. The highest BCUT2D eigenvalue weighted by Gasteiger charge is 2.34. The van der Waals surface area contributed by atoms with E-state index in [4.69, 9.17) is 9.84 Å². The normalized spacial score (nSPS) is 22.7. The molecule has 1 heterocycles. The molecule has 1 fully saturated rings. The topological polar surface area (TPSA) is 75.6 Å². The van der Waals surface area contributed by atoms with Crippen molar-refractivity contribution >= 4 is 40.2 Å². The van der Waals surface area contributed by atoms with Crippen LogP contribution < -0.4 is 5.32 Å². The Morgan fingerprint density at radius 2 is 2.06 bits per heavy atom. The maximum Gasteiger partial charge on any atom is 0.332 e. The third kappa shape index (κ3) is 3.20. The number of carbonyl (C=O) groups is 2. The van der Waals surface area contributed by atoms with Gasteiger partial charge in [0.1, 0.15) is 6.10 Å². The van der Waals surface area contributed by atoms with E-state index in [1.165, 1.54) is 0 Å². The van der Waals surface area contributed by atoms with Gasteiger partial charge in [-0.1, -0.05) is 6.07 Å². The standard InChI is InChI=1S/C12H12INO4/c13-7-2-1-3-8(6-7)14-11(15)9-4-5-10(18-9)12(16)17/h1-3,6,9-10H,4-5H2,(H,14,15)(H,16,17)/t9-,10+/m0/s1. The number of carboxylic acids is 1. The Kier molecular flexibility index (Phi) is 4.18. The SMILES string of the molecule is O=C(Nc1cccc(I)c1)[C@@H]1CC[C@H](C(=O)O)O1. The average molecular weight is 361 g/mol. The second-order valence-electron chi connectivity index (χ2n) is 4.03. The highest BCUT2D eigenvalue weighted by atomic mass is 127. The van der Waals surface area contributed by atoms with Gasteiger partial charge < -0.3 is 15.2 Å². The molecule has 18 heavy (non-hydrogen) atoms. The summed E-state index contributed by atoms with van der Waals surface area (Å²) in [6.45, 7) is 0. The smallest absolute Gasteiger partial charge is 0.332 e. The highest BCUT2D eigenvalue weighted by molar-refractivity contribution is 14.1. The molecule has 0 aliphatic carbocycles. The molecule has 0 radical (unpaired) electrons. The zero-order chi connectivity index (χ0) is 13.1. The monoisotopic (exact) mass is 361 g/mol. The molecule has 0 saturated carbocycles. The molecule has 0 aromatic heterocycles. The Morgan fingerprint density at radius 3 is 2.67 bits per heavy atom. The van der Waals surface area contributed by atoms with E-state index in [1.54, 1.807) is 6.07 Å². The van der Waals surface area contributed by atoms with E-state index in [2.05, 4.69) is 27.9 Å². The van der Waals surface area contributed by atoms with E-state index in [1.807, 2.05) is 18.2 Å². The van der Waals surface area contributed by atoms with Crippen molar-refractivity contribution in [3.8, 4) is 0 Å². The zero-order valence-corrected chi connectivity index (χ0v) is 11.6. The van der Waals surface area contributed by atoms with Crippen LogP contribution in [0, 0.1) is 3.57 Å². The maximum absolute atomic E-state index is 11.9. The molecule has 0 unspecified atom stereocenters. The number of halogens is 1. The van der Waals surface area contributed by atoms with E-state index in [0.29, 0.717) is 18.5 Å². The summed E-state index contributed by atoms with van der Waals surface area (Å²) in [7, 11) is 0. The van der Waals surface area contributed by atoms with E-state index in [-0.39, 0.29) is 5.91 Å². The number of rotatable bonds is 3. The molecule has 2 atom stereocenters. The maximum atomic E-state index is 11.9. The van der Waals surface area contributed by atoms with Gasteiger partial charge >= 0.3 is 5.97 Å². The van der Waals surface area contributed by atoms with Gasteiger partial charge in [-0.3, -0.25) is 4.79 Å². The van der Waals surface area contributed by atoms with Gasteiger partial charge in [0.25, 0.3) is 5.91 Å². The van der Waals surface area contributed by atoms with Gasteiger partial charge in [-0.15, -0.1) is 0 Å². The zero-order valence-electron chi connectivity index (χ0n) is 9.43. The Balaban J connectivity index is 1.95. The molecule has 96 valence electrons. The van der Waals surface area contributed by atoms with E-state index in [9.17, 15) is 9.59 Å². The molecule has 1 aromatic carbocycles. The predicted octanol–water partition coefficient (Wildman–Crippen LogP) is 1.86. The minimum absolute atomic E-state index is 0.291. The number of carboxylic acid groups (broad SMARTS) is 1. The van der Waals surface area contributed by atoms with Crippen LogP contribution in [0.2, 0.25) is 0 Å². The minimum atomic E-state index is -1.01. The molecule has 1 aliphatic rings. The van der Waals surface area contributed by atoms with Gasteiger partial charge in [-0.05, 0) is 53.6 Å². The Morgan fingerprint density at radius 1 is 1.33 bits per heavy atom. The molecule has 2 rings (SSSR count). The molecule has 6 heteroatoms. The van der Waals surface area contributed by atoms with Crippen LogP contribution in [-0.2, 0) is 14.3 Å². The van der Waals surface area contributed by atoms with Crippen molar-refractivity contribution in [3.05, 3.63) is 27.8 Å². The largest absolute Gasteiger partial charge is 0.479 e. The number of nitrogens with one attached hydrogen (secondary N) is 1. The van der Waals surface area contributed by atoms with Gasteiger partial charge in [-0.25, -0.2) is 4.79 Å². The number of ether oxygens (including phenoxy) is 1. The summed E-state index contributed by atoms with van der Waals surface area (Å²) in [5.41, 5.74) is 0.689. The van der Waals surface area contributed by atoms with Crippen LogP contribution in [0.4, 0.5) is 5.69 Å². The van der Waals surface area contributed by atoms with Gasteiger partial charge in [0, 0.05) is 9.26 Å². The molecule has 1 amide bonds. The van der Waals surface area contributed by atoms with Gasteiger partial charge in [0.05, 0.1) is 0 Å². The van der Waals surface area contributed by atoms with E-state index < -0.39 is 18.2 Å². The number of anilines is 1. The summed E-state index contributed by atoms with van der Waals surface area (Å²) < 4.78 is 6.19. The van der Waals surface area contributed by atoms with Crippen molar-refractivity contribution in [2.45, 2.75) is 25.0 Å². The number of benzene rings is 1. The van der Waals surface area contributed by atoms with Crippen molar-refractivity contribution in [1.82, 2.24) is 0 Å². The summed E-state index contributed by atoms with van der Waals surface area (Å²) >= 11 is 2.15. The van der Waals surface area contributed by atoms with Crippen molar-refractivity contribution in [2.75, 3.05) is 5.32 Å². The quantitative estimate of drug-likeness (QED) is 0.806. The van der Waals surface area contributed by atoms with Gasteiger partial charge in [0.15, 0.2) is 6.10 Å². The lowest BCUT2D eigenvalue weighted by molar-refractivity contribution is -0.150. The van der Waals surface area contributed by atoms with Crippen molar-refractivity contribution < 1.29 is 19.4 Å². The Hall–Kier alpha value is -1.15. The Labute approximate surface area is 118 Å². The first-order chi connectivity index (χ1) is 8.56. The van der Waals surface area contributed by atoms with Crippen molar-refractivity contribution in [3.63, 3.8) is 0 Å². The van der Waals surface area contributed by atoms with Crippen molar-refractivity contribution in [2.24, 2.45) is 0 Å². The first-order valence-electron chi connectivity index (χ1n) is 5.51. The molecular formula is C12H12INO4. The number of hydrogen-bond donors (Lipinski definition) is 2. The van der Waals surface area contributed by atoms with Crippen LogP contribution >= 0.6 is 22.6 Å². The third-order valence-electron chi connectivity index (χ3n) is 2.68. The fourth-order valence-corrected chi connectivity index (χ4v) is 2.34. The molecule has 0 spiro atoms. The molecule has 2 N–H and O–H groups in total. The van der Waals surface area contributed by atoms with E-state index >= 15 is 0 Å². The second-order valence-corrected chi connectivity index (χ2v) is 5.27. The highest BCUT2D eigenvalue weighted by Crippen LogP contribution is 2.21. The van der Waals surface area contributed by atoms with Crippen LogP contribution in [0.1, 0.15) is 12.8 Å². The molecule has 5 nitrogen and oxygen atoms in total. The van der Waals surface area contributed by atoms with Crippen LogP contribution in [0.15, 0.2) is 24.3 Å². The number of hydrogen-bond acceptors (Lipinski definition) is 3. The lowest BCUT2D eigenvalue weighted by Gasteiger charge is -2.11.